The van der Waals surface area contributed by atoms with Crippen molar-refractivity contribution in [2.45, 2.75) is 13.0 Å². The third-order valence-electron chi connectivity index (χ3n) is 1.85. The van der Waals surface area contributed by atoms with Crippen molar-refractivity contribution in [1.82, 2.24) is 4.98 Å². The van der Waals surface area contributed by atoms with E-state index in [4.69, 9.17) is 5.73 Å². The number of hydrogen-bond acceptors (Lipinski definition) is 5. The van der Waals surface area contributed by atoms with E-state index in [0.29, 0.717) is 5.56 Å². The van der Waals surface area contributed by atoms with Crippen molar-refractivity contribution < 1.29 is 14.3 Å². The van der Waals surface area contributed by atoms with E-state index >= 15 is 0 Å². The Morgan fingerprint density at radius 2 is 2.13 bits per heavy atom. The molecule has 1 aromatic rings. The highest BCUT2D eigenvalue weighted by Crippen LogP contribution is 2.03. The highest BCUT2D eigenvalue weighted by molar-refractivity contribution is 5.98. The van der Waals surface area contributed by atoms with Gasteiger partial charge in [0.05, 0.1) is 18.7 Å². The summed E-state index contributed by atoms with van der Waals surface area (Å²) in [5.74, 6) is -0.742. The normalized spacial score (nSPS) is 11.9. The van der Waals surface area contributed by atoms with Gasteiger partial charge in [-0.05, 0) is 19.1 Å². The lowest BCUT2D eigenvalue weighted by molar-refractivity contribution is 0.0600. The number of esters is 1. The monoisotopic (exact) mass is 208 g/mol. The van der Waals surface area contributed by atoms with E-state index in [-0.39, 0.29) is 11.5 Å². The molecule has 1 unspecified atom stereocenters. The summed E-state index contributed by atoms with van der Waals surface area (Å²) in [5.41, 5.74) is 5.96. The van der Waals surface area contributed by atoms with Gasteiger partial charge in [0, 0.05) is 6.20 Å². The van der Waals surface area contributed by atoms with E-state index in [1.54, 1.807) is 6.92 Å². The maximum Gasteiger partial charge on any atom is 0.339 e. The molecule has 80 valence electrons. The van der Waals surface area contributed by atoms with E-state index < -0.39 is 12.0 Å². The van der Waals surface area contributed by atoms with E-state index in [1.807, 2.05) is 0 Å². The maximum absolute atomic E-state index is 11.4. The number of Topliss-reactive ketones (excluding diaryl/α,β-unsaturated/α-hetero) is 1. The van der Waals surface area contributed by atoms with Gasteiger partial charge in [-0.3, -0.25) is 9.78 Å². The number of ether oxygens (including phenoxy) is 1. The van der Waals surface area contributed by atoms with E-state index in [1.165, 1.54) is 25.4 Å². The second-order valence-corrected chi connectivity index (χ2v) is 3.08. The maximum atomic E-state index is 11.4. The number of nitrogens with zero attached hydrogens (tertiary/aromatic N) is 1. The topological polar surface area (TPSA) is 82.3 Å². The fraction of sp³-hybridized carbons (Fsp3) is 0.300. The second kappa shape index (κ2) is 4.65. The summed E-state index contributed by atoms with van der Waals surface area (Å²) >= 11 is 0. The molecular formula is C10H12N2O3. The van der Waals surface area contributed by atoms with Crippen LogP contribution in [0, 0.1) is 0 Å². The number of methoxy groups -OCH3 is 1. The number of carbonyl (C=O) groups is 2. The van der Waals surface area contributed by atoms with Gasteiger partial charge < -0.3 is 10.5 Å². The SMILES string of the molecule is COC(=O)c1ccc(C(=O)C(C)N)nc1. The van der Waals surface area contributed by atoms with Gasteiger partial charge in [0.25, 0.3) is 0 Å². The molecule has 0 saturated carbocycles. The molecule has 0 radical (unpaired) electrons. The van der Waals surface area contributed by atoms with E-state index in [2.05, 4.69) is 9.72 Å². The average Bonchev–Trinajstić information content (AvgIpc) is 2.27. The van der Waals surface area contributed by atoms with Gasteiger partial charge in [-0.2, -0.15) is 0 Å². The quantitative estimate of drug-likeness (QED) is 0.574. The van der Waals surface area contributed by atoms with Gasteiger partial charge in [0.15, 0.2) is 5.78 Å². The molecule has 1 rings (SSSR count). The Bertz CT molecular complexity index is 371. The Morgan fingerprint density at radius 1 is 1.47 bits per heavy atom. The van der Waals surface area contributed by atoms with Crippen molar-refractivity contribution in [1.29, 1.82) is 0 Å². The molecule has 2 N–H and O–H groups in total. The predicted molar refractivity (Wildman–Crippen MR) is 53.6 cm³/mol. The first-order valence-corrected chi connectivity index (χ1v) is 4.40. The standard InChI is InChI=1S/C10H12N2O3/c1-6(11)9(13)8-4-3-7(5-12-8)10(14)15-2/h3-6H,11H2,1-2H3. The van der Waals surface area contributed by atoms with Gasteiger partial charge in [0.2, 0.25) is 0 Å². The number of pyridine rings is 1. The molecule has 0 aromatic carbocycles. The summed E-state index contributed by atoms with van der Waals surface area (Å²) in [7, 11) is 1.28. The van der Waals surface area contributed by atoms with Crippen molar-refractivity contribution >= 4 is 11.8 Å². The molecule has 1 aromatic heterocycles. The van der Waals surface area contributed by atoms with Crippen LogP contribution in [0.4, 0.5) is 0 Å². The molecule has 0 amide bonds. The lowest BCUT2D eigenvalue weighted by Crippen LogP contribution is -2.27. The van der Waals surface area contributed by atoms with Gasteiger partial charge in [0.1, 0.15) is 5.69 Å². The summed E-state index contributed by atoms with van der Waals surface area (Å²) in [5, 5.41) is 0. The molecule has 0 fully saturated rings. The molecule has 0 aliphatic carbocycles. The fourth-order valence-corrected chi connectivity index (χ4v) is 1.01. The first-order chi connectivity index (χ1) is 7.06. The average molecular weight is 208 g/mol. The molecule has 1 atom stereocenters. The molecule has 0 saturated heterocycles. The van der Waals surface area contributed by atoms with Crippen LogP contribution >= 0.6 is 0 Å². The fourth-order valence-electron chi connectivity index (χ4n) is 1.01. The summed E-state index contributed by atoms with van der Waals surface area (Å²) in [4.78, 5) is 26.3. The first kappa shape index (κ1) is 11.3. The van der Waals surface area contributed by atoms with Crippen molar-refractivity contribution in [3.05, 3.63) is 29.6 Å². The second-order valence-electron chi connectivity index (χ2n) is 3.08. The molecule has 5 heteroatoms. The molecule has 5 nitrogen and oxygen atoms in total. The summed E-state index contributed by atoms with van der Waals surface area (Å²) < 4.78 is 4.50. The van der Waals surface area contributed by atoms with Crippen LogP contribution in [0.3, 0.4) is 0 Å². The molecule has 0 aliphatic rings. The molecule has 15 heavy (non-hydrogen) atoms. The largest absolute Gasteiger partial charge is 0.465 e. The Morgan fingerprint density at radius 3 is 2.53 bits per heavy atom. The van der Waals surface area contributed by atoms with Gasteiger partial charge in [-0.25, -0.2) is 4.79 Å². The summed E-state index contributed by atoms with van der Waals surface area (Å²) in [6.07, 6.45) is 1.29. The first-order valence-electron chi connectivity index (χ1n) is 4.40. The van der Waals surface area contributed by atoms with Crippen LogP contribution in [0.25, 0.3) is 0 Å². The van der Waals surface area contributed by atoms with Gasteiger partial charge in [-0.15, -0.1) is 0 Å². The highest BCUT2D eigenvalue weighted by atomic mass is 16.5. The number of ketones is 1. The highest BCUT2D eigenvalue weighted by Gasteiger charge is 2.13. The van der Waals surface area contributed by atoms with Crippen molar-refractivity contribution in [2.75, 3.05) is 7.11 Å². The minimum Gasteiger partial charge on any atom is -0.465 e. The van der Waals surface area contributed by atoms with Crippen LogP contribution in [-0.4, -0.2) is 29.9 Å². The van der Waals surface area contributed by atoms with Crippen LogP contribution in [-0.2, 0) is 4.74 Å². The third kappa shape index (κ3) is 2.60. The van der Waals surface area contributed by atoms with Crippen LogP contribution in [0.2, 0.25) is 0 Å². The Balaban J connectivity index is 2.90. The van der Waals surface area contributed by atoms with Gasteiger partial charge in [-0.1, -0.05) is 0 Å². The van der Waals surface area contributed by atoms with Crippen LogP contribution in [0.15, 0.2) is 18.3 Å². The Labute approximate surface area is 87.3 Å². The lowest BCUT2D eigenvalue weighted by Gasteiger charge is -2.03. The van der Waals surface area contributed by atoms with Crippen molar-refractivity contribution in [3.8, 4) is 0 Å². The smallest absolute Gasteiger partial charge is 0.339 e. The summed E-state index contributed by atoms with van der Waals surface area (Å²) in [6, 6.07) is 2.34. The number of carbonyl (C=O) groups excluding carboxylic acids is 2. The Kier molecular flexibility index (Phi) is 3.51. The molecule has 1 heterocycles. The summed E-state index contributed by atoms with van der Waals surface area (Å²) in [6.45, 7) is 1.58. The molecule has 0 spiro atoms. The van der Waals surface area contributed by atoms with Crippen molar-refractivity contribution in [2.24, 2.45) is 5.73 Å². The minimum atomic E-state index is -0.596. The predicted octanol–water partition coefficient (Wildman–Crippen LogP) is 0.398. The zero-order chi connectivity index (χ0) is 11.4. The lowest BCUT2D eigenvalue weighted by atomic mass is 10.1. The molecular weight excluding hydrogens is 196 g/mol. The zero-order valence-electron chi connectivity index (χ0n) is 8.56. The van der Waals surface area contributed by atoms with E-state index in [9.17, 15) is 9.59 Å². The number of aromatic nitrogens is 1. The number of rotatable bonds is 3. The Hall–Kier alpha value is -1.75. The van der Waals surface area contributed by atoms with Crippen LogP contribution < -0.4 is 5.73 Å². The number of nitrogens with two attached hydrogens (primary N) is 1. The minimum absolute atomic E-state index is 0.248. The molecule has 0 aliphatic heterocycles. The van der Waals surface area contributed by atoms with Gasteiger partial charge >= 0.3 is 5.97 Å². The number of hydrogen-bond donors (Lipinski definition) is 1. The third-order valence-corrected chi connectivity index (χ3v) is 1.85. The zero-order valence-corrected chi connectivity index (χ0v) is 8.56. The van der Waals surface area contributed by atoms with E-state index in [0.717, 1.165) is 0 Å². The molecule has 0 bridgehead atoms. The van der Waals surface area contributed by atoms with Crippen molar-refractivity contribution in [3.63, 3.8) is 0 Å². The van der Waals surface area contributed by atoms with Crippen LogP contribution in [0.5, 0.6) is 0 Å². The van der Waals surface area contributed by atoms with Crippen LogP contribution in [0.1, 0.15) is 27.8 Å².